The third kappa shape index (κ3) is 1.78. The van der Waals surface area contributed by atoms with E-state index in [-0.39, 0.29) is 17.6 Å². The molecule has 2 heterocycles. The van der Waals surface area contributed by atoms with Crippen molar-refractivity contribution in [3.63, 3.8) is 0 Å². The number of aromatic nitrogens is 2. The van der Waals surface area contributed by atoms with Gasteiger partial charge in [0, 0.05) is 11.6 Å². The molecule has 2 aliphatic rings. The van der Waals surface area contributed by atoms with Gasteiger partial charge >= 0.3 is 0 Å². The van der Waals surface area contributed by atoms with Crippen molar-refractivity contribution in [2.45, 2.75) is 6.04 Å². The van der Waals surface area contributed by atoms with Crippen LogP contribution in [0, 0.1) is 12.0 Å². The quantitative estimate of drug-likeness (QED) is 0.885. The lowest BCUT2D eigenvalue weighted by Gasteiger charge is -2.28. The summed E-state index contributed by atoms with van der Waals surface area (Å²) in [6, 6.07) is 5.11. The molecular formula is C16H12N3O2. The van der Waals surface area contributed by atoms with Crippen molar-refractivity contribution in [2.75, 3.05) is 4.90 Å². The van der Waals surface area contributed by atoms with Crippen LogP contribution >= 0.6 is 0 Å². The van der Waals surface area contributed by atoms with Crippen LogP contribution in [-0.2, 0) is 4.79 Å². The Kier molecular flexibility index (Phi) is 2.47. The van der Waals surface area contributed by atoms with E-state index < -0.39 is 6.04 Å². The molecule has 1 aliphatic heterocycles. The molecule has 1 radical (unpaired) electrons. The van der Waals surface area contributed by atoms with Crippen molar-refractivity contribution in [3.05, 3.63) is 60.7 Å². The molecule has 1 aromatic carbocycles. The van der Waals surface area contributed by atoms with Gasteiger partial charge in [0.15, 0.2) is 0 Å². The minimum absolute atomic E-state index is 0.0247. The number of imidazole rings is 1. The number of fused-ring (bicyclic) bond motifs is 1. The first kappa shape index (κ1) is 12.0. The number of anilines is 1. The SMILES string of the molecule is O=C1[C]=C(O)C(C2C=CC=C2)N1c1ccc2[nH]cnc2c1. The van der Waals surface area contributed by atoms with Crippen LogP contribution in [0.25, 0.3) is 11.0 Å². The fraction of sp³-hybridized carbons (Fsp3) is 0.125. The molecule has 1 aromatic heterocycles. The Balaban J connectivity index is 1.79. The molecule has 0 spiro atoms. The topological polar surface area (TPSA) is 69.2 Å². The predicted octanol–water partition coefficient (Wildman–Crippen LogP) is 2.27. The Bertz CT molecular complexity index is 804. The Labute approximate surface area is 120 Å². The second-order valence-corrected chi connectivity index (χ2v) is 5.08. The molecule has 1 aliphatic carbocycles. The predicted molar refractivity (Wildman–Crippen MR) is 78.5 cm³/mol. The number of aliphatic hydroxyl groups is 1. The Morgan fingerprint density at radius 3 is 2.90 bits per heavy atom. The van der Waals surface area contributed by atoms with Crippen LogP contribution in [0.5, 0.6) is 0 Å². The van der Waals surface area contributed by atoms with Gasteiger partial charge in [0.2, 0.25) is 0 Å². The number of rotatable bonds is 2. The zero-order valence-electron chi connectivity index (χ0n) is 11.0. The molecule has 1 amide bonds. The second kappa shape index (κ2) is 4.34. The normalized spacial score (nSPS) is 21.7. The summed E-state index contributed by atoms with van der Waals surface area (Å²) in [5.74, 6) is -0.400. The van der Waals surface area contributed by atoms with Crippen LogP contribution in [0.4, 0.5) is 5.69 Å². The molecule has 1 unspecified atom stereocenters. The highest BCUT2D eigenvalue weighted by molar-refractivity contribution is 6.03. The lowest BCUT2D eigenvalue weighted by Crippen LogP contribution is -2.39. The van der Waals surface area contributed by atoms with Gasteiger partial charge in [-0.15, -0.1) is 0 Å². The number of aromatic amines is 1. The fourth-order valence-electron chi connectivity index (χ4n) is 2.85. The number of benzene rings is 1. The second-order valence-electron chi connectivity index (χ2n) is 5.08. The number of amides is 1. The lowest BCUT2D eigenvalue weighted by molar-refractivity contribution is -0.114. The number of aliphatic hydroxyl groups excluding tert-OH is 1. The monoisotopic (exact) mass is 278 g/mol. The highest BCUT2D eigenvalue weighted by Gasteiger charge is 2.38. The standard InChI is InChI=1S/C16H12N3O2/c20-14-8-15(21)19(16(14)10-3-1-2-4-10)11-5-6-12-13(7-11)18-9-17-12/h1-7,9-10,16,20H,(H,17,18). The summed E-state index contributed by atoms with van der Waals surface area (Å²) in [5, 5.41) is 10.1. The van der Waals surface area contributed by atoms with E-state index in [1.165, 1.54) is 0 Å². The van der Waals surface area contributed by atoms with Gasteiger partial charge in [-0.05, 0) is 18.2 Å². The summed E-state index contributed by atoms with van der Waals surface area (Å²) < 4.78 is 0. The van der Waals surface area contributed by atoms with Gasteiger partial charge in [-0.3, -0.25) is 9.69 Å². The first-order chi connectivity index (χ1) is 10.2. The van der Waals surface area contributed by atoms with Gasteiger partial charge in [0.25, 0.3) is 5.91 Å². The minimum atomic E-state index is -0.441. The number of hydrogen-bond acceptors (Lipinski definition) is 3. The first-order valence-corrected chi connectivity index (χ1v) is 6.68. The highest BCUT2D eigenvalue weighted by atomic mass is 16.3. The van der Waals surface area contributed by atoms with Crippen molar-refractivity contribution in [2.24, 2.45) is 5.92 Å². The van der Waals surface area contributed by atoms with E-state index in [1.807, 2.05) is 42.5 Å². The number of H-pyrrole nitrogens is 1. The Morgan fingerprint density at radius 2 is 2.10 bits per heavy atom. The molecule has 4 rings (SSSR count). The van der Waals surface area contributed by atoms with Gasteiger partial charge in [0.1, 0.15) is 11.8 Å². The van der Waals surface area contributed by atoms with Gasteiger partial charge < -0.3 is 10.1 Å². The van der Waals surface area contributed by atoms with E-state index in [2.05, 4.69) is 16.0 Å². The molecule has 0 saturated carbocycles. The van der Waals surface area contributed by atoms with E-state index in [9.17, 15) is 9.90 Å². The molecule has 0 fully saturated rings. The van der Waals surface area contributed by atoms with Crippen LogP contribution in [0.15, 0.2) is 54.6 Å². The van der Waals surface area contributed by atoms with Crippen LogP contribution in [0.1, 0.15) is 0 Å². The number of carbonyl (C=O) groups excluding carboxylic acids is 1. The van der Waals surface area contributed by atoms with E-state index in [4.69, 9.17) is 0 Å². The summed E-state index contributed by atoms with van der Waals surface area (Å²) in [6.45, 7) is 0. The smallest absolute Gasteiger partial charge is 0.263 e. The first-order valence-electron chi connectivity index (χ1n) is 6.68. The summed E-state index contributed by atoms with van der Waals surface area (Å²) in [5.41, 5.74) is 2.39. The van der Waals surface area contributed by atoms with Crippen molar-refractivity contribution < 1.29 is 9.90 Å². The van der Waals surface area contributed by atoms with E-state index in [0.717, 1.165) is 11.0 Å². The van der Waals surface area contributed by atoms with Gasteiger partial charge in [-0.25, -0.2) is 4.98 Å². The molecule has 5 heteroatoms. The van der Waals surface area contributed by atoms with Crippen molar-refractivity contribution in [1.29, 1.82) is 0 Å². The number of hydrogen-bond donors (Lipinski definition) is 2. The number of nitrogens with one attached hydrogen (secondary N) is 1. The molecule has 2 N–H and O–H groups in total. The maximum Gasteiger partial charge on any atom is 0.263 e. The molecule has 5 nitrogen and oxygen atoms in total. The third-order valence-electron chi connectivity index (χ3n) is 3.84. The lowest BCUT2D eigenvalue weighted by atomic mass is 9.99. The summed E-state index contributed by atoms with van der Waals surface area (Å²) >= 11 is 0. The number of nitrogens with zero attached hydrogens (tertiary/aromatic N) is 2. The maximum atomic E-state index is 12.2. The third-order valence-corrected chi connectivity index (χ3v) is 3.84. The molecule has 103 valence electrons. The highest BCUT2D eigenvalue weighted by Crippen LogP contribution is 2.33. The van der Waals surface area contributed by atoms with Crippen molar-refractivity contribution >= 4 is 22.6 Å². The largest absolute Gasteiger partial charge is 0.509 e. The van der Waals surface area contributed by atoms with E-state index >= 15 is 0 Å². The number of allylic oxidation sites excluding steroid dienone is 2. The fourth-order valence-corrected chi connectivity index (χ4v) is 2.85. The van der Waals surface area contributed by atoms with Gasteiger partial charge in [0.05, 0.1) is 23.4 Å². The maximum absolute atomic E-state index is 12.2. The zero-order chi connectivity index (χ0) is 14.4. The summed E-state index contributed by atoms with van der Waals surface area (Å²) in [4.78, 5) is 21.0. The van der Waals surface area contributed by atoms with Crippen LogP contribution in [-0.4, -0.2) is 27.0 Å². The van der Waals surface area contributed by atoms with Crippen LogP contribution in [0.3, 0.4) is 0 Å². The molecule has 0 bridgehead atoms. The molecule has 1 atom stereocenters. The molecular weight excluding hydrogens is 266 g/mol. The van der Waals surface area contributed by atoms with E-state index in [1.54, 1.807) is 11.2 Å². The van der Waals surface area contributed by atoms with Gasteiger partial charge in [-0.2, -0.15) is 0 Å². The van der Waals surface area contributed by atoms with Crippen molar-refractivity contribution in [1.82, 2.24) is 9.97 Å². The van der Waals surface area contributed by atoms with E-state index in [0.29, 0.717) is 5.69 Å². The van der Waals surface area contributed by atoms with Crippen LogP contribution in [0.2, 0.25) is 0 Å². The average Bonchev–Trinajstić information content (AvgIpc) is 3.17. The Morgan fingerprint density at radius 1 is 1.29 bits per heavy atom. The van der Waals surface area contributed by atoms with Crippen molar-refractivity contribution in [3.8, 4) is 0 Å². The molecule has 2 aromatic rings. The summed E-state index contributed by atoms with van der Waals surface area (Å²) in [6.07, 6.45) is 11.9. The van der Waals surface area contributed by atoms with Crippen LogP contribution < -0.4 is 4.90 Å². The Hall–Kier alpha value is -2.82. The number of carbonyl (C=O) groups is 1. The molecule has 0 saturated heterocycles. The molecule has 21 heavy (non-hydrogen) atoms. The average molecular weight is 278 g/mol. The van der Waals surface area contributed by atoms with Gasteiger partial charge in [-0.1, -0.05) is 24.3 Å². The summed E-state index contributed by atoms with van der Waals surface area (Å²) in [7, 11) is 0. The zero-order valence-corrected chi connectivity index (χ0v) is 11.0. The minimum Gasteiger partial charge on any atom is -0.509 e.